The van der Waals surface area contributed by atoms with Gasteiger partial charge in [-0.2, -0.15) is 0 Å². The van der Waals surface area contributed by atoms with Crippen molar-refractivity contribution in [1.82, 2.24) is 10.3 Å². The lowest BCUT2D eigenvalue weighted by Crippen LogP contribution is -2.22. The molecule has 1 aliphatic rings. The van der Waals surface area contributed by atoms with Gasteiger partial charge in [-0.1, -0.05) is 6.92 Å². The van der Waals surface area contributed by atoms with E-state index in [2.05, 4.69) is 10.3 Å². The number of hydrogen-bond acceptors (Lipinski definition) is 4. The number of halogens is 1. The number of pyridine rings is 1. The van der Waals surface area contributed by atoms with Gasteiger partial charge in [0.15, 0.2) is 11.6 Å². The number of carbonyl (C=O) groups excluding carboxylic acids is 1. The van der Waals surface area contributed by atoms with Gasteiger partial charge in [-0.3, -0.25) is 4.79 Å². The van der Waals surface area contributed by atoms with E-state index in [0.29, 0.717) is 13.2 Å². The molecule has 0 spiro atoms. The average Bonchev–Trinajstić information content (AvgIpc) is 2.78. The normalized spacial score (nSPS) is 23.1. The van der Waals surface area contributed by atoms with Gasteiger partial charge in [-0.05, 0) is 25.5 Å². The smallest absolute Gasteiger partial charge is 0.251 e. The summed E-state index contributed by atoms with van der Waals surface area (Å²) in [4.78, 5) is 16.1. The van der Waals surface area contributed by atoms with E-state index in [4.69, 9.17) is 4.74 Å². The number of Topliss-reactive ketones (excluding diaryl/α,β-unsaturated/α-hetero) is 1. The molecule has 18 heavy (non-hydrogen) atoms. The van der Waals surface area contributed by atoms with Crippen molar-refractivity contribution in [2.75, 3.05) is 19.7 Å². The molecule has 98 valence electrons. The maximum absolute atomic E-state index is 14.1. The lowest BCUT2D eigenvalue weighted by atomic mass is 9.90. The van der Waals surface area contributed by atoms with E-state index >= 15 is 0 Å². The highest BCUT2D eigenvalue weighted by Gasteiger charge is 2.32. The molecular formula is C13H17FN2O2. The van der Waals surface area contributed by atoms with Gasteiger partial charge in [-0.15, -0.1) is 0 Å². The van der Waals surface area contributed by atoms with E-state index in [1.165, 1.54) is 12.3 Å². The third kappa shape index (κ3) is 2.36. The molecule has 0 aromatic carbocycles. The molecule has 1 aromatic heterocycles. The highest BCUT2D eigenvalue weighted by molar-refractivity contribution is 5.98. The molecule has 1 aliphatic heterocycles. The first-order valence-electron chi connectivity index (χ1n) is 6.17. The third-order valence-electron chi connectivity index (χ3n) is 3.26. The van der Waals surface area contributed by atoms with E-state index in [1.807, 2.05) is 6.92 Å². The van der Waals surface area contributed by atoms with Crippen molar-refractivity contribution in [2.24, 2.45) is 11.8 Å². The summed E-state index contributed by atoms with van der Waals surface area (Å²) in [5.41, 5.74) is 0.0778. The number of ketones is 1. The van der Waals surface area contributed by atoms with Gasteiger partial charge in [0.25, 0.3) is 5.88 Å². The van der Waals surface area contributed by atoms with Crippen LogP contribution in [0.2, 0.25) is 0 Å². The summed E-state index contributed by atoms with van der Waals surface area (Å²) in [5, 5.41) is 3.14. The number of nitrogens with zero attached hydrogens (tertiary/aromatic N) is 1. The number of hydrogen-bond donors (Lipinski definition) is 1. The molecule has 4 nitrogen and oxygen atoms in total. The largest absolute Gasteiger partial charge is 0.476 e. The van der Waals surface area contributed by atoms with Gasteiger partial charge in [0, 0.05) is 18.7 Å². The van der Waals surface area contributed by atoms with Gasteiger partial charge in [-0.25, -0.2) is 9.37 Å². The lowest BCUT2D eigenvalue weighted by Gasteiger charge is -2.14. The van der Waals surface area contributed by atoms with E-state index in [1.54, 1.807) is 6.92 Å². The molecule has 2 unspecified atom stereocenters. The second-order valence-corrected chi connectivity index (χ2v) is 4.52. The highest BCUT2D eigenvalue weighted by atomic mass is 19.1. The van der Waals surface area contributed by atoms with E-state index in [-0.39, 0.29) is 29.1 Å². The van der Waals surface area contributed by atoms with Crippen LogP contribution in [0.15, 0.2) is 12.3 Å². The Balaban J connectivity index is 2.27. The fourth-order valence-electron chi connectivity index (χ4n) is 2.21. The molecule has 2 rings (SSSR count). The number of rotatable bonds is 4. The summed E-state index contributed by atoms with van der Waals surface area (Å²) >= 11 is 0. The average molecular weight is 252 g/mol. The summed E-state index contributed by atoms with van der Waals surface area (Å²) < 4.78 is 19.1. The standard InChI is InChI=1S/C13H17FN2O2/c1-3-18-13-11(14)9(4-5-16-13)12(17)10-7-15-6-8(10)2/h4-5,8,10,15H,3,6-7H2,1-2H3. The monoisotopic (exact) mass is 252 g/mol. The molecule has 2 atom stereocenters. The van der Waals surface area contributed by atoms with Gasteiger partial charge in [0.1, 0.15) is 0 Å². The van der Waals surface area contributed by atoms with Gasteiger partial charge >= 0.3 is 0 Å². The molecule has 2 heterocycles. The van der Waals surface area contributed by atoms with Crippen molar-refractivity contribution < 1.29 is 13.9 Å². The number of ether oxygens (including phenoxy) is 1. The first-order chi connectivity index (χ1) is 8.65. The number of nitrogens with one attached hydrogen (secondary N) is 1. The quantitative estimate of drug-likeness (QED) is 0.828. The SMILES string of the molecule is CCOc1nccc(C(=O)C2CNCC2C)c1F. The summed E-state index contributed by atoms with van der Waals surface area (Å²) in [6, 6.07) is 1.42. The van der Waals surface area contributed by atoms with Crippen molar-refractivity contribution >= 4 is 5.78 Å². The predicted molar refractivity (Wildman–Crippen MR) is 65.2 cm³/mol. The van der Waals surface area contributed by atoms with Crippen LogP contribution in [-0.2, 0) is 0 Å². The lowest BCUT2D eigenvalue weighted by molar-refractivity contribution is 0.0902. The Morgan fingerprint density at radius 3 is 3.00 bits per heavy atom. The minimum absolute atomic E-state index is 0.0778. The number of aromatic nitrogens is 1. The Morgan fingerprint density at radius 1 is 1.61 bits per heavy atom. The molecule has 1 aromatic rings. The fourth-order valence-corrected chi connectivity index (χ4v) is 2.21. The topological polar surface area (TPSA) is 51.2 Å². The minimum atomic E-state index is -0.650. The van der Waals surface area contributed by atoms with E-state index < -0.39 is 5.82 Å². The summed E-state index contributed by atoms with van der Waals surface area (Å²) in [6.45, 7) is 5.46. The van der Waals surface area contributed by atoms with Gasteiger partial charge in [0.05, 0.1) is 12.2 Å². The Morgan fingerprint density at radius 2 is 2.39 bits per heavy atom. The van der Waals surface area contributed by atoms with Crippen molar-refractivity contribution in [3.05, 3.63) is 23.6 Å². The summed E-state index contributed by atoms with van der Waals surface area (Å²) in [6.07, 6.45) is 1.41. The van der Waals surface area contributed by atoms with Crippen LogP contribution in [0.1, 0.15) is 24.2 Å². The van der Waals surface area contributed by atoms with Gasteiger partial charge in [0.2, 0.25) is 0 Å². The second-order valence-electron chi connectivity index (χ2n) is 4.52. The third-order valence-corrected chi connectivity index (χ3v) is 3.26. The van der Waals surface area contributed by atoms with Crippen LogP contribution in [0.4, 0.5) is 4.39 Å². The van der Waals surface area contributed by atoms with Crippen molar-refractivity contribution in [1.29, 1.82) is 0 Å². The number of carbonyl (C=O) groups is 1. The van der Waals surface area contributed by atoms with E-state index in [9.17, 15) is 9.18 Å². The molecule has 0 radical (unpaired) electrons. The Kier molecular flexibility index (Phi) is 3.91. The van der Waals surface area contributed by atoms with Crippen LogP contribution in [0.3, 0.4) is 0 Å². The van der Waals surface area contributed by atoms with Crippen LogP contribution in [0.25, 0.3) is 0 Å². The molecule has 0 amide bonds. The van der Waals surface area contributed by atoms with Crippen molar-refractivity contribution in [3.8, 4) is 5.88 Å². The van der Waals surface area contributed by atoms with E-state index in [0.717, 1.165) is 6.54 Å². The Labute approximate surface area is 106 Å². The summed E-state index contributed by atoms with van der Waals surface area (Å²) in [5.74, 6) is -0.865. The molecular weight excluding hydrogens is 235 g/mol. The maximum atomic E-state index is 14.1. The van der Waals surface area contributed by atoms with Crippen LogP contribution >= 0.6 is 0 Å². The molecule has 1 fully saturated rings. The molecule has 5 heteroatoms. The predicted octanol–water partition coefficient (Wildman–Crippen LogP) is 1.66. The Hall–Kier alpha value is -1.49. The van der Waals surface area contributed by atoms with Crippen LogP contribution in [0, 0.1) is 17.7 Å². The summed E-state index contributed by atoms with van der Waals surface area (Å²) in [7, 11) is 0. The van der Waals surface area contributed by atoms with Gasteiger partial charge < -0.3 is 10.1 Å². The van der Waals surface area contributed by atoms with Crippen LogP contribution in [0.5, 0.6) is 5.88 Å². The highest BCUT2D eigenvalue weighted by Crippen LogP contribution is 2.25. The first-order valence-corrected chi connectivity index (χ1v) is 6.17. The van der Waals surface area contributed by atoms with Crippen LogP contribution in [-0.4, -0.2) is 30.5 Å². The van der Waals surface area contributed by atoms with Crippen molar-refractivity contribution in [2.45, 2.75) is 13.8 Å². The molecule has 1 saturated heterocycles. The zero-order valence-corrected chi connectivity index (χ0v) is 10.6. The molecule has 0 saturated carbocycles. The molecule has 1 N–H and O–H groups in total. The minimum Gasteiger partial charge on any atom is -0.476 e. The Bertz CT molecular complexity index is 451. The fraction of sp³-hybridized carbons (Fsp3) is 0.538. The zero-order valence-electron chi connectivity index (χ0n) is 10.6. The van der Waals surface area contributed by atoms with Crippen LogP contribution < -0.4 is 10.1 Å². The van der Waals surface area contributed by atoms with Crippen molar-refractivity contribution in [3.63, 3.8) is 0 Å². The molecule has 0 aliphatic carbocycles. The first kappa shape index (κ1) is 13.0. The second kappa shape index (κ2) is 5.44. The zero-order chi connectivity index (χ0) is 13.1. The maximum Gasteiger partial charge on any atom is 0.251 e. The molecule has 0 bridgehead atoms.